The Kier molecular flexibility index (Phi) is 3.93. The quantitative estimate of drug-likeness (QED) is 0.773. The number of ether oxygens (including phenoxy) is 1. The molecular formula is C17H17Cl2NO3. The summed E-state index contributed by atoms with van der Waals surface area (Å²) in [7, 11) is 1.36. The van der Waals surface area contributed by atoms with Crippen LogP contribution in [0.25, 0.3) is 10.9 Å². The van der Waals surface area contributed by atoms with Crippen molar-refractivity contribution < 1.29 is 14.3 Å². The Bertz CT molecular complexity index is 836. The second-order valence-corrected chi connectivity index (χ2v) is 7.34. The molecule has 1 heterocycles. The molecule has 0 saturated carbocycles. The lowest BCUT2D eigenvalue weighted by atomic mass is 9.93. The summed E-state index contributed by atoms with van der Waals surface area (Å²) in [5, 5.41) is 1.91. The van der Waals surface area contributed by atoms with Gasteiger partial charge < -0.3 is 9.30 Å². The number of ketones is 1. The molecule has 0 unspecified atom stereocenters. The van der Waals surface area contributed by atoms with Gasteiger partial charge in [0.1, 0.15) is 0 Å². The number of aromatic nitrogens is 1. The number of rotatable bonds is 3. The standard InChI is InChI=1S/C17H17Cl2NO3/c1-17(2,16(22)23-3)8-20-14-11(6-9(18)7-12(14)19)10-4-5-13(21)15(10)20/h6-7H,4-5,8H2,1-3H3. The second-order valence-electron chi connectivity index (χ2n) is 6.50. The SMILES string of the molecule is COC(=O)C(C)(C)Cn1c2c(c3cc(Cl)cc(Cl)c31)CCC2=O. The largest absolute Gasteiger partial charge is 0.469 e. The first-order valence-corrected chi connectivity index (χ1v) is 8.13. The number of halogens is 2. The zero-order valence-corrected chi connectivity index (χ0v) is 14.7. The number of esters is 1. The molecule has 0 bridgehead atoms. The highest BCUT2D eigenvalue weighted by molar-refractivity contribution is 6.38. The Hall–Kier alpha value is -1.52. The molecule has 3 rings (SSSR count). The van der Waals surface area contributed by atoms with Gasteiger partial charge in [-0.2, -0.15) is 0 Å². The Morgan fingerprint density at radius 3 is 2.65 bits per heavy atom. The Morgan fingerprint density at radius 1 is 1.30 bits per heavy atom. The van der Waals surface area contributed by atoms with E-state index in [0.29, 0.717) is 35.1 Å². The summed E-state index contributed by atoms with van der Waals surface area (Å²) in [6.07, 6.45) is 1.15. The molecule has 2 aromatic rings. The normalized spacial score (nSPS) is 14.4. The molecule has 0 spiro atoms. The third kappa shape index (κ3) is 2.54. The van der Waals surface area contributed by atoms with E-state index in [2.05, 4.69) is 0 Å². The minimum atomic E-state index is -0.777. The van der Waals surface area contributed by atoms with Crippen LogP contribution in [0.2, 0.25) is 10.0 Å². The van der Waals surface area contributed by atoms with Gasteiger partial charge in [-0.25, -0.2) is 0 Å². The van der Waals surface area contributed by atoms with E-state index < -0.39 is 5.41 Å². The maximum atomic E-state index is 12.4. The van der Waals surface area contributed by atoms with Crippen LogP contribution in [0, 0.1) is 5.41 Å². The molecule has 0 saturated heterocycles. The predicted octanol–water partition coefficient (Wildman–Crippen LogP) is 4.28. The van der Waals surface area contributed by atoms with Gasteiger partial charge in [0.2, 0.25) is 0 Å². The summed E-state index contributed by atoms with van der Waals surface area (Å²) in [6.45, 7) is 3.90. The lowest BCUT2D eigenvalue weighted by molar-refractivity contribution is -0.151. The van der Waals surface area contributed by atoms with Crippen molar-refractivity contribution in [1.82, 2.24) is 4.57 Å². The van der Waals surface area contributed by atoms with Gasteiger partial charge >= 0.3 is 5.97 Å². The van der Waals surface area contributed by atoms with Crippen LogP contribution < -0.4 is 0 Å². The van der Waals surface area contributed by atoms with E-state index in [1.807, 2.05) is 10.6 Å². The Morgan fingerprint density at radius 2 is 2.00 bits per heavy atom. The maximum Gasteiger partial charge on any atom is 0.313 e. The minimum Gasteiger partial charge on any atom is -0.469 e. The fourth-order valence-corrected chi connectivity index (χ4v) is 3.89. The highest BCUT2D eigenvalue weighted by Gasteiger charge is 2.35. The molecule has 1 aliphatic carbocycles. The number of fused-ring (bicyclic) bond motifs is 3. The van der Waals surface area contributed by atoms with E-state index in [0.717, 1.165) is 16.5 Å². The summed E-state index contributed by atoms with van der Waals surface area (Å²) in [6, 6.07) is 3.49. The van der Waals surface area contributed by atoms with E-state index in [1.165, 1.54) is 7.11 Å². The van der Waals surface area contributed by atoms with Crippen LogP contribution in [0.15, 0.2) is 12.1 Å². The number of nitrogens with zero attached hydrogens (tertiary/aromatic N) is 1. The monoisotopic (exact) mass is 353 g/mol. The first-order chi connectivity index (χ1) is 10.8. The molecular weight excluding hydrogens is 337 g/mol. The highest BCUT2D eigenvalue weighted by Crippen LogP contribution is 2.40. The molecule has 0 atom stereocenters. The van der Waals surface area contributed by atoms with Crippen molar-refractivity contribution in [2.45, 2.75) is 33.2 Å². The van der Waals surface area contributed by atoms with Crippen molar-refractivity contribution in [3.8, 4) is 0 Å². The van der Waals surface area contributed by atoms with E-state index in [1.54, 1.807) is 19.9 Å². The van der Waals surface area contributed by atoms with Gasteiger partial charge in [0.25, 0.3) is 0 Å². The Labute approximate surface area is 144 Å². The number of benzene rings is 1. The average molecular weight is 354 g/mol. The summed E-state index contributed by atoms with van der Waals surface area (Å²) < 4.78 is 6.74. The summed E-state index contributed by atoms with van der Waals surface area (Å²) >= 11 is 12.5. The van der Waals surface area contributed by atoms with Gasteiger partial charge in [0, 0.05) is 23.4 Å². The number of hydrogen-bond acceptors (Lipinski definition) is 3. The van der Waals surface area contributed by atoms with Crippen LogP contribution in [0.5, 0.6) is 0 Å². The zero-order chi connectivity index (χ0) is 16.9. The van der Waals surface area contributed by atoms with Gasteiger partial charge in [-0.05, 0) is 38.0 Å². The van der Waals surface area contributed by atoms with Crippen LogP contribution in [0.4, 0.5) is 0 Å². The fourth-order valence-electron chi connectivity index (χ4n) is 3.30. The molecule has 122 valence electrons. The lowest BCUT2D eigenvalue weighted by Gasteiger charge is -2.24. The average Bonchev–Trinajstić information content (AvgIpc) is 2.98. The van der Waals surface area contributed by atoms with Gasteiger partial charge in [-0.15, -0.1) is 0 Å². The van der Waals surface area contributed by atoms with Crippen molar-refractivity contribution in [3.05, 3.63) is 33.4 Å². The van der Waals surface area contributed by atoms with Crippen molar-refractivity contribution >= 4 is 45.9 Å². The summed E-state index contributed by atoms with van der Waals surface area (Å²) in [4.78, 5) is 24.4. The molecule has 23 heavy (non-hydrogen) atoms. The minimum absolute atomic E-state index is 0.0732. The molecule has 0 radical (unpaired) electrons. The van der Waals surface area contributed by atoms with Gasteiger partial charge in [0.15, 0.2) is 5.78 Å². The van der Waals surface area contributed by atoms with Crippen LogP contribution in [-0.4, -0.2) is 23.4 Å². The molecule has 1 aliphatic rings. The summed E-state index contributed by atoms with van der Waals surface area (Å²) in [5.74, 6) is -0.257. The molecule has 0 fully saturated rings. The predicted molar refractivity (Wildman–Crippen MR) is 90.4 cm³/mol. The number of carbonyl (C=O) groups excluding carboxylic acids is 2. The smallest absolute Gasteiger partial charge is 0.313 e. The number of methoxy groups -OCH3 is 1. The number of carbonyl (C=O) groups is 2. The van der Waals surface area contributed by atoms with Crippen molar-refractivity contribution in [2.75, 3.05) is 7.11 Å². The highest BCUT2D eigenvalue weighted by atomic mass is 35.5. The molecule has 1 aromatic heterocycles. The first kappa shape index (κ1) is 16.3. The van der Waals surface area contributed by atoms with E-state index >= 15 is 0 Å². The number of hydrogen-bond donors (Lipinski definition) is 0. The van der Waals surface area contributed by atoms with Crippen molar-refractivity contribution in [3.63, 3.8) is 0 Å². The van der Waals surface area contributed by atoms with E-state index in [9.17, 15) is 9.59 Å². The fraction of sp³-hybridized carbons (Fsp3) is 0.412. The van der Waals surface area contributed by atoms with Crippen LogP contribution in [0.3, 0.4) is 0 Å². The van der Waals surface area contributed by atoms with Crippen molar-refractivity contribution in [2.24, 2.45) is 5.41 Å². The van der Waals surface area contributed by atoms with Gasteiger partial charge in [0.05, 0.1) is 28.8 Å². The van der Waals surface area contributed by atoms with Gasteiger partial charge in [-0.3, -0.25) is 9.59 Å². The third-order valence-electron chi connectivity index (χ3n) is 4.34. The number of Topliss-reactive ketones (excluding diaryl/α,β-unsaturated/α-hetero) is 1. The molecule has 4 nitrogen and oxygen atoms in total. The van der Waals surface area contributed by atoms with Crippen LogP contribution in [0.1, 0.15) is 36.3 Å². The molecule has 1 aromatic carbocycles. The first-order valence-electron chi connectivity index (χ1n) is 7.38. The zero-order valence-electron chi connectivity index (χ0n) is 13.2. The molecule has 0 N–H and O–H groups in total. The Balaban J connectivity index is 2.26. The van der Waals surface area contributed by atoms with Crippen LogP contribution >= 0.6 is 23.2 Å². The molecule has 6 heteroatoms. The topological polar surface area (TPSA) is 48.3 Å². The molecule has 0 amide bonds. The van der Waals surface area contributed by atoms with Crippen LogP contribution in [-0.2, 0) is 22.5 Å². The molecule has 0 aliphatic heterocycles. The second kappa shape index (κ2) is 5.53. The summed E-state index contributed by atoms with van der Waals surface area (Å²) in [5.41, 5.74) is 1.59. The third-order valence-corrected chi connectivity index (χ3v) is 4.84. The van der Waals surface area contributed by atoms with E-state index in [-0.39, 0.29) is 11.8 Å². The maximum absolute atomic E-state index is 12.4. The number of aryl methyl sites for hydroxylation is 1. The lowest BCUT2D eigenvalue weighted by Crippen LogP contribution is -2.31. The van der Waals surface area contributed by atoms with E-state index in [4.69, 9.17) is 27.9 Å². The van der Waals surface area contributed by atoms with Crippen molar-refractivity contribution in [1.29, 1.82) is 0 Å². The van der Waals surface area contributed by atoms with Gasteiger partial charge in [-0.1, -0.05) is 23.2 Å².